The second-order valence-electron chi connectivity index (χ2n) is 6.66. The van der Waals surface area contributed by atoms with E-state index in [0.29, 0.717) is 5.54 Å². The van der Waals surface area contributed by atoms with Crippen molar-refractivity contribution in [3.05, 3.63) is 18.0 Å². The van der Waals surface area contributed by atoms with Gasteiger partial charge in [0.25, 0.3) is 0 Å². The van der Waals surface area contributed by atoms with Crippen LogP contribution in [0.15, 0.2) is 12.4 Å². The third-order valence-electron chi connectivity index (χ3n) is 5.26. The summed E-state index contributed by atoms with van der Waals surface area (Å²) < 4.78 is 0. The highest BCUT2D eigenvalue weighted by Gasteiger charge is 2.50. The smallest absolute Gasteiger partial charge is 0.0532 e. The molecule has 0 aliphatic heterocycles. The van der Waals surface area contributed by atoms with E-state index in [2.05, 4.69) is 15.5 Å². The van der Waals surface area contributed by atoms with Crippen LogP contribution in [0.3, 0.4) is 0 Å². The first-order valence-corrected chi connectivity index (χ1v) is 7.04. The molecule has 2 N–H and O–H groups in total. The van der Waals surface area contributed by atoms with Gasteiger partial charge in [-0.2, -0.15) is 5.10 Å². The largest absolute Gasteiger partial charge is 0.307 e. The third kappa shape index (κ3) is 1.71. The van der Waals surface area contributed by atoms with Crippen molar-refractivity contribution in [1.29, 1.82) is 0 Å². The van der Waals surface area contributed by atoms with Crippen molar-refractivity contribution in [3.63, 3.8) is 0 Å². The maximum absolute atomic E-state index is 4.02. The summed E-state index contributed by atoms with van der Waals surface area (Å²) in [5.74, 6) is 3.08. The van der Waals surface area contributed by atoms with E-state index in [0.717, 1.165) is 24.3 Å². The molecule has 0 amide bonds. The van der Waals surface area contributed by atoms with E-state index >= 15 is 0 Å². The highest BCUT2D eigenvalue weighted by molar-refractivity contribution is 5.09. The molecule has 4 fully saturated rings. The number of aromatic amines is 1. The summed E-state index contributed by atoms with van der Waals surface area (Å²) in [6, 6.07) is 0. The summed E-state index contributed by atoms with van der Waals surface area (Å²) in [4.78, 5) is 0. The molecule has 1 heterocycles. The maximum Gasteiger partial charge on any atom is 0.0532 e. The molecule has 3 heteroatoms. The molecule has 0 atom stereocenters. The molecule has 3 nitrogen and oxygen atoms in total. The topological polar surface area (TPSA) is 40.7 Å². The maximum atomic E-state index is 4.02. The summed E-state index contributed by atoms with van der Waals surface area (Å²) >= 11 is 0. The van der Waals surface area contributed by atoms with Gasteiger partial charge in [0.2, 0.25) is 0 Å². The van der Waals surface area contributed by atoms with E-state index in [4.69, 9.17) is 0 Å². The molecule has 0 radical (unpaired) electrons. The van der Waals surface area contributed by atoms with Gasteiger partial charge in [-0.3, -0.25) is 5.10 Å². The molecule has 4 aliphatic carbocycles. The Balaban J connectivity index is 1.49. The average Bonchev–Trinajstić information content (AvgIpc) is 2.77. The Labute approximate surface area is 102 Å². The Morgan fingerprint density at radius 2 is 1.82 bits per heavy atom. The van der Waals surface area contributed by atoms with Gasteiger partial charge < -0.3 is 5.32 Å². The second kappa shape index (κ2) is 3.58. The fourth-order valence-corrected chi connectivity index (χ4v) is 4.99. The number of hydrogen-bond acceptors (Lipinski definition) is 2. The molecule has 4 aliphatic rings. The van der Waals surface area contributed by atoms with Crippen molar-refractivity contribution in [2.24, 2.45) is 17.8 Å². The van der Waals surface area contributed by atoms with Gasteiger partial charge in [-0.05, 0) is 56.3 Å². The van der Waals surface area contributed by atoms with Gasteiger partial charge in [0.15, 0.2) is 0 Å². The van der Waals surface area contributed by atoms with Crippen LogP contribution in [-0.4, -0.2) is 15.7 Å². The third-order valence-corrected chi connectivity index (χ3v) is 5.26. The monoisotopic (exact) mass is 231 g/mol. The normalized spacial score (nSPS) is 43.2. The van der Waals surface area contributed by atoms with Crippen LogP contribution in [-0.2, 0) is 6.54 Å². The lowest BCUT2D eigenvalue weighted by Crippen LogP contribution is -2.58. The van der Waals surface area contributed by atoms with Crippen molar-refractivity contribution in [2.75, 3.05) is 0 Å². The standard InChI is InChI=1S/C14H21N3/c1-10-2-12-3-11(1)5-14(4-10,6-12)15-7-13-8-16-17-9-13/h8-12,15H,1-7H2,(H,16,17). The molecule has 17 heavy (non-hydrogen) atoms. The van der Waals surface area contributed by atoms with Crippen LogP contribution in [0, 0.1) is 17.8 Å². The molecule has 0 spiro atoms. The van der Waals surface area contributed by atoms with Crippen molar-refractivity contribution in [2.45, 2.75) is 50.6 Å². The van der Waals surface area contributed by atoms with E-state index in [1.54, 1.807) is 0 Å². The number of rotatable bonds is 3. The minimum atomic E-state index is 0.478. The zero-order valence-corrected chi connectivity index (χ0v) is 10.3. The van der Waals surface area contributed by atoms with E-state index in [1.807, 2.05) is 12.4 Å². The Morgan fingerprint density at radius 1 is 1.18 bits per heavy atom. The predicted octanol–water partition coefficient (Wildman–Crippen LogP) is 2.47. The highest BCUT2D eigenvalue weighted by Crippen LogP contribution is 2.55. The SMILES string of the molecule is c1n[nH]cc1CNC12CC3CC(CC(C3)C1)C2. The molecule has 5 rings (SSSR count). The van der Waals surface area contributed by atoms with Crippen LogP contribution in [0.2, 0.25) is 0 Å². The first-order chi connectivity index (χ1) is 8.31. The zero-order chi connectivity index (χ0) is 11.3. The Bertz CT molecular complexity index is 360. The number of nitrogens with one attached hydrogen (secondary N) is 2. The van der Waals surface area contributed by atoms with Crippen molar-refractivity contribution in [3.8, 4) is 0 Å². The van der Waals surface area contributed by atoms with Gasteiger partial charge in [-0.25, -0.2) is 0 Å². The quantitative estimate of drug-likeness (QED) is 0.839. The minimum absolute atomic E-state index is 0.478. The molecule has 4 saturated carbocycles. The average molecular weight is 231 g/mol. The second-order valence-corrected chi connectivity index (χ2v) is 6.66. The van der Waals surface area contributed by atoms with E-state index in [9.17, 15) is 0 Å². The zero-order valence-electron chi connectivity index (χ0n) is 10.3. The summed E-state index contributed by atoms with van der Waals surface area (Å²) in [5.41, 5.74) is 1.77. The van der Waals surface area contributed by atoms with E-state index in [-0.39, 0.29) is 0 Å². The van der Waals surface area contributed by atoms with Crippen LogP contribution < -0.4 is 5.32 Å². The Hall–Kier alpha value is -0.830. The van der Waals surface area contributed by atoms with Crippen LogP contribution in [0.25, 0.3) is 0 Å². The molecular weight excluding hydrogens is 210 g/mol. The molecule has 1 aromatic heterocycles. The molecule has 1 aromatic rings. The molecule has 4 bridgehead atoms. The summed E-state index contributed by atoms with van der Waals surface area (Å²) in [6.07, 6.45) is 12.8. The van der Waals surface area contributed by atoms with Crippen LogP contribution in [0.5, 0.6) is 0 Å². The number of nitrogens with zero attached hydrogens (tertiary/aromatic N) is 1. The summed E-state index contributed by atoms with van der Waals surface area (Å²) in [7, 11) is 0. The lowest BCUT2D eigenvalue weighted by molar-refractivity contribution is -0.0206. The highest BCUT2D eigenvalue weighted by atomic mass is 15.1. The minimum Gasteiger partial charge on any atom is -0.307 e. The molecule has 0 saturated heterocycles. The first kappa shape index (κ1) is 10.1. The van der Waals surface area contributed by atoms with Crippen molar-refractivity contribution >= 4 is 0 Å². The van der Waals surface area contributed by atoms with Gasteiger partial charge in [0, 0.05) is 23.8 Å². The van der Waals surface area contributed by atoms with Crippen LogP contribution >= 0.6 is 0 Å². The number of H-pyrrole nitrogens is 1. The van der Waals surface area contributed by atoms with Gasteiger partial charge in [-0.15, -0.1) is 0 Å². The van der Waals surface area contributed by atoms with Gasteiger partial charge in [0.1, 0.15) is 0 Å². The number of hydrogen-bond donors (Lipinski definition) is 2. The first-order valence-electron chi connectivity index (χ1n) is 7.04. The lowest BCUT2D eigenvalue weighted by atomic mass is 9.53. The molecule has 92 valence electrons. The van der Waals surface area contributed by atoms with Crippen molar-refractivity contribution in [1.82, 2.24) is 15.5 Å². The molecule has 0 unspecified atom stereocenters. The summed E-state index contributed by atoms with van der Waals surface area (Å²) in [6.45, 7) is 0.989. The predicted molar refractivity (Wildman–Crippen MR) is 66.3 cm³/mol. The Morgan fingerprint density at radius 3 is 2.35 bits per heavy atom. The van der Waals surface area contributed by atoms with Gasteiger partial charge in [-0.1, -0.05) is 0 Å². The van der Waals surface area contributed by atoms with Crippen molar-refractivity contribution < 1.29 is 0 Å². The lowest BCUT2D eigenvalue weighted by Gasteiger charge is -2.57. The Kier molecular flexibility index (Phi) is 2.13. The fraction of sp³-hybridized carbons (Fsp3) is 0.786. The van der Waals surface area contributed by atoms with Gasteiger partial charge in [0.05, 0.1) is 6.20 Å². The van der Waals surface area contributed by atoms with E-state index < -0.39 is 0 Å². The molecular formula is C14H21N3. The van der Waals surface area contributed by atoms with Crippen LogP contribution in [0.4, 0.5) is 0 Å². The fourth-order valence-electron chi connectivity index (χ4n) is 4.99. The number of aromatic nitrogens is 2. The summed E-state index contributed by atoms with van der Waals surface area (Å²) in [5, 5.41) is 10.8. The van der Waals surface area contributed by atoms with Gasteiger partial charge >= 0.3 is 0 Å². The van der Waals surface area contributed by atoms with Crippen LogP contribution in [0.1, 0.15) is 44.1 Å². The van der Waals surface area contributed by atoms with E-state index in [1.165, 1.54) is 44.1 Å². The molecule has 0 aromatic carbocycles.